The van der Waals surface area contributed by atoms with E-state index in [0.717, 1.165) is 0 Å². The Bertz CT molecular complexity index is 531. The molecule has 27 heavy (non-hydrogen) atoms. The van der Waals surface area contributed by atoms with Crippen molar-refractivity contribution in [2.45, 2.75) is 35.9 Å². The fraction of sp³-hybridized carbons (Fsp3) is 0.667. The molecule has 0 saturated carbocycles. The van der Waals surface area contributed by atoms with E-state index in [1.165, 1.54) is 0 Å². The topological polar surface area (TPSA) is 27.7 Å². The summed E-state index contributed by atoms with van der Waals surface area (Å²) in [5, 5.41) is 0. The molecule has 2 unspecified atom stereocenters. The Morgan fingerprint density at radius 3 is 0.926 bits per heavy atom. The van der Waals surface area contributed by atoms with Crippen LogP contribution < -0.4 is 0 Å². The molecule has 0 radical (unpaired) electrons. The first-order chi connectivity index (χ1) is 11.7. The Morgan fingerprint density at radius 1 is 0.556 bits per heavy atom. The van der Waals surface area contributed by atoms with E-state index in [0.29, 0.717) is 0 Å². The van der Waals surface area contributed by atoms with E-state index in [9.17, 15) is 52.7 Å². The molecule has 0 aromatic carbocycles. The fourth-order valence-corrected chi connectivity index (χ4v) is 1.48. The third-order valence-electron chi connectivity index (χ3n) is 3.05. The molecule has 0 spiro atoms. The molecular formula is C12H10F12O3. The summed E-state index contributed by atoms with van der Waals surface area (Å²) in [5.41, 5.74) is 0. The zero-order valence-corrected chi connectivity index (χ0v) is 13.2. The molecule has 3 nitrogen and oxygen atoms in total. The van der Waals surface area contributed by atoms with Crippen LogP contribution in [-0.4, -0.2) is 50.1 Å². The zero-order chi connectivity index (χ0) is 22.3. The summed E-state index contributed by atoms with van der Waals surface area (Å²) in [7, 11) is -0.138. The molecule has 0 saturated heterocycles. The van der Waals surface area contributed by atoms with E-state index in [1.54, 1.807) is 0 Å². The highest BCUT2D eigenvalue weighted by Gasteiger charge is 2.77. The summed E-state index contributed by atoms with van der Waals surface area (Å²) in [6, 6.07) is 0. The lowest BCUT2D eigenvalue weighted by molar-refractivity contribution is -0.381. The van der Waals surface area contributed by atoms with Crippen molar-refractivity contribution >= 4 is 0 Å². The summed E-state index contributed by atoms with van der Waals surface area (Å²) in [5.74, 6) is -28.6. The van der Waals surface area contributed by atoms with Crippen LogP contribution in [0.25, 0.3) is 0 Å². The van der Waals surface area contributed by atoms with E-state index in [1.807, 2.05) is 0 Å². The van der Waals surface area contributed by atoms with Gasteiger partial charge in [0.05, 0.1) is 0 Å². The summed E-state index contributed by atoms with van der Waals surface area (Å²) >= 11 is 0. The fourth-order valence-electron chi connectivity index (χ4n) is 1.48. The number of hydrogen-bond donors (Lipinski definition) is 0. The predicted octanol–water partition coefficient (Wildman–Crippen LogP) is 5.05. The van der Waals surface area contributed by atoms with E-state index in [2.05, 4.69) is 27.4 Å². The van der Waals surface area contributed by atoms with Gasteiger partial charge in [-0.25, -0.2) is 0 Å². The lowest BCUT2D eigenvalue weighted by atomic mass is 10.1. The van der Waals surface area contributed by atoms with Gasteiger partial charge in [0, 0.05) is 14.2 Å². The average Bonchev–Trinajstić information content (AvgIpc) is 2.50. The van der Waals surface area contributed by atoms with Gasteiger partial charge in [0.1, 0.15) is 0 Å². The molecule has 0 rings (SSSR count). The van der Waals surface area contributed by atoms with Gasteiger partial charge in [0.25, 0.3) is 0 Å². The van der Waals surface area contributed by atoms with Crippen LogP contribution >= 0.6 is 0 Å². The minimum atomic E-state index is -6.66. The van der Waals surface area contributed by atoms with Crippen molar-refractivity contribution in [1.29, 1.82) is 0 Å². The maximum absolute atomic E-state index is 14.0. The molecule has 0 bridgehead atoms. The standard InChI is InChI=1S/C12H10F12O3/c1-5(7(13,25-3)9(15,16)11(19,20)21)27-6(2)8(14,26-4)10(17,18)12(22,23)24/h1-2H2,3-4H3. The largest absolute Gasteiger partial charge is 0.460 e. The first-order valence-electron chi connectivity index (χ1n) is 6.11. The van der Waals surface area contributed by atoms with Crippen molar-refractivity contribution < 1.29 is 66.9 Å². The molecule has 2 atom stereocenters. The smallest absolute Gasteiger partial charge is 0.455 e. The highest BCUT2D eigenvalue weighted by Crippen LogP contribution is 2.52. The van der Waals surface area contributed by atoms with Crippen LogP contribution in [0.3, 0.4) is 0 Å². The third kappa shape index (κ3) is 3.83. The highest BCUT2D eigenvalue weighted by molar-refractivity contribution is 5.17. The molecule has 15 heteroatoms. The Morgan fingerprint density at radius 2 is 0.778 bits per heavy atom. The van der Waals surface area contributed by atoms with Gasteiger partial charge in [-0.15, -0.1) is 0 Å². The molecule has 0 aromatic heterocycles. The number of halogens is 12. The van der Waals surface area contributed by atoms with Crippen molar-refractivity contribution in [2.75, 3.05) is 14.2 Å². The van der Waals surface area contributed by atoms with E-state index < -0.39 is 47.4 Å². The molecule has 0 fully saturated rings. The second kappa shape index (κ2) is 7.07. The minimum absolute atomic E-state index is 0.0692. The van der Waals surface area contributed by atoms with Crippen molar-refractivity contribution in [3.05, 3.63) is 24.7 Å². The normalized spacial score (nSPS) is 18.4. The summed E-state index contributed by atoms with van der Waals surface area (Å²) in [6.45, 7) is 4.40. The van der Waals surface area contributed by atoms with Crippen LogP contribution in [0.15, 0.2) is 24.7 Å². The number of hydrogen-bond acceptors (Lipinski definition) is 3. The van der Waals surface area contributed by atoms with Crippen molar-refractivity contribution in [1.82, 2.24) is 0 Å². The van der Waals surface area contributed by atoms with Crippen LogP contribution in [0, 0.1) is 0 Å². The van der Waals surface area contributed by atoms with Crippen LogP contribution in [-0.2, 0) is 14.2 Å². The molecule has 0 aliphatic rings. The highest BCUT2D eigenvalue weighted by atomic mass is 19.4. The maximum atomic E-state index is 14.0. The Hall–Kier alpha value is -1.64. The second-order valence-electron chi connectivity index (χ2n) is 4.69. The first kappa shape index (κ1) is 25.4. The molecular weight excluding hydrogens is 420 g/mol. The van der Waals surface area contributed by atoms with E-state index in [-0.39, 0.29) is 14.2 Å². The summed E-state index contributed by atoms with van der Waals surface area (Å²) in [6.07, 6.45) is -13.3. The minimum Gasteiger partial charge on any atom is -0.455 e. The number of methoxy groups -OCH3 is 2. The van der Waals surface area contributed by atoms with Crippen LogP contribution in [0.5, 0.6) is 0 Å². The van der Waals surface area contributed by atoms with Gasteiger partial charge in [-0.1, -0.05) is 13.2 Å². The monoisotopic (exact) mass is 430 g/mol. The van der Waals surface area contributed by atoms with Crippen LogP contribution in [0.1, 0.15) is 0 Å². The second-order valence-corrected chi connectivity index (χ2v) is 4.69. The third-order valence-corrected chi connectivity index (χ3v) is 3.05. The molecule has 0 amide bonds. The SMILES string of the molecule is C=C(OC(=C)C(F)(OC)C(F)(F)C(F)(F)F)C(F)(OC)C(F)(F)C(F)(F)F. The van der Waals surface area contributed by atoms with Gasteiger partial charge in [-0.2, -0.15) is 52.7 Å². The Balaban J connectivity index is 6.01. The van der Waals surface area contributed by atoms with Crippen LogP contribution in [0.2, 0.25) is 0 Å². The van der Waals surface area contributed by atoms with Gasteiger partial charge in [0.15, 0.2) is 11.5 Å². The van der Waals surface area contributed by atoms with Gasteiger partial charge in [0.2, 0.25) is 0 Å². The Labute approximate surface area is 143 Å². The van der Waals surface area contributed by atoms with Gasteiger partial charge in [-0.3, -0.25) is 0 Å². The zero-order valence-electron chi connectivity index (χ0n) is 13.2. The first-order valence-corrected chi connectivity index (χ1v) is 6.11. The van der Waals surface area contributed by atoms with Crippen LogP contribution in [0.4, 0.5) is 52.7 Å². The predicted molar refractivity (Wildman–Crippen MR) is 63.1 cm³/mol. The number of rotatable bonds is 8. The van der Waals surface area contributed by atoms with Crippen molar-refractivity contribution in [3.63, 3.8) is 0 Å². The summed E-state index contributed by atoms with van der Waals surface area (Å²) < 4.78 is 165. The quantitative estimate of drug-likeness (QED) is 0.399. The molecule has 0 aromatic rings. The van der Waals surface area contributed by atoms with Gasteiger partial charge < -0.3 is 14.2 Å². The van der Waals surface area contributed by atoms with Crippen molar-refractivity contribution in [2.24, 2.45) is 0 Å². The molecule has 0 aliphatic heterocycles. The van der Waals surface area contributed by atoms with E-state index >= 15 is 0 Å². The summed E-state index contributed by atoms with van der Waals surface area (Å²) in [4.78, 5) is 0. The van der Waals surface area contributed by atoms with Gasteiger partial charge in [-0.05, 0) is 0 Å². The van der Waals surface area contributed by atoms with E-state index in [4.69, 9.17) is 0 Å². The lowest BCUT2D eigenvalue weighted by Crippen LogP contribution is -2.59. The molecule has 0 heterocycles. The lowest BCUT2D eigenvalue weighted by Gasteiger charge is -2.37. The number of ether oxygens (including phenoxy) is 3. The number of alkyl halides is 12. The molecule has 160 valence electrons. The Kier molecular flexibility index (Phi) is 6.64. The molecule has 0 N–H and O–H groups in total. The van der Waals surface area contributed by atoms with Crippen molar-refractivity contribution in [3.8, 4) is 0 Å². The molecule has 0 aliphatic carbocycles. The van der Waals surface area contributed by atoms with Gasteiger partial charge >= 0.3 is 35.9 Å². The maximum Gasteiger partial charge on any atom is 0.460 e. The average molecular weight is 430 g/mol.